The van der Waals surface area contributed by atoms with Gasteiger partial charge in [0.05, 0.1) is 36.1 Å². The number of fused-ring (bicyclic) bond motifs is 3. The topological polar surface area (TPSA) is 195 Å². The first kappa shape index (κ1) is 38.3. The van der Waals surface area contributed by atoms with Crippen molar-refractivity contribution in [3.05, 3.63) is 36.5 Å². The molecule has 2 aliphatic carbocycles. The van der Waals surface area contributed by atoms with E-state index in [2.05, 4.69) is 25.3 Å². The smallest absolute Gasteiger partial charge is 0.408 e. The summed E-state index contributed by atoms with van der Waals surface area (Å²) in [7, 11) is -2.34. The molecule has 1 aromatic heterocycles. The summed E-state index contributed by atoms with van der Waals surface area (Å²) < 4.78 is 45.0. The summed E-state index contributed by atoms with van der Waals surface area (Å²) in [6.45, 7) is 9.07. The SMILES string of the molecule is COc1ccc2nc(OC3CC4C(=O)NC5(C(=O)NS(=O)(=O)C6CC6)CC5C=CC(C)CCCC(C)C(NC(=O)OC(C)(C)C)C(=O)N4C3)cnc2c1. The van der Waals surface area contributed by atoms with Gasteiger partial charge < -0.3 is 29.7 Å². The number of methoxy groups -OCH3 is 1. The van der Waals surface area contributed by atoms with Crippen molar-refractivity contribution in [2.24, 2.45) is 17.8 Å². The van der Waals surface area contributed by atoms with Crippen LogP contribution in [0.25, 0.3) is 11.0 Å². The molecule has 7 atom stereocenters. The number of hydrogen-bond donors (Lipinski definition) is 3. The Morgan fingerprint density at radius 2 is 1.81 bits per heavy atom. The lowest BCUT2D eigenvalue weighted by Gasteiger charge is -2.32. The first-order chi connectivity index (χ1) is 25.0. The van der Waals surface area contributed by atoms with E-state index in [1.54, 1.807) is 46.1 Å². The van der Waals surface area contributed by atoms with Gasteiger partial charge in [-0.1, -0.05) is 32.4 Å². The van der Waals surface area contributed by atoms with Gasteiger partial charge in [0.15, 0.2) is 0 Å². The zero-order valence-corrected chi connectivity index (χ0v) is 31.9. The monoisotopic (exact) mass is 754 g/mol. The van der Waals surface area contributed by atoms with Crippen molar-refractivity contribution in [1.29, 1.82) is 0 Å². The Kier molecular flexibility index (Phi) is 10.6. The van der Waals surface area contributed by atoms with E-state index in [0.29, 0.717) is 36.0 Å². The van der Waals surface area contributed by atoms with Crippen LogP contribution in [0.4, 0.5) is 4.79 Å². The summed E-state index contributed by atoms with van der Waals surface area (Å²) in [5.74, 6) is -1.81. The summed E-state index contributed by atoms with van der Waals surface area (Å²) in [6, 6.07) is 3.06. The van der Waals surface area contributed by atoms with Crippen LogP contribution in [0.3, 0.4) is 0 Å². The third kappa shape index (κ3) is 8.85. The molecule has 1 saturated heterocycles. The van der Waals surface area contributed by atoms with Gasteiger partial charge in [0.2, 0.25) is 27.7 Å². The molecule has 2 aromatic rings. The minimum atomic E-state index is -3.90. The fraction of sp³-hybridized carbons (Fsp3) is 0.622. The number of rotatable bonds is 7. The summed E-state index contributed by atoms with van der Waals surface area (Å²) in [4.78, 5) is 66.2. The lowest BCUT2D eigenvalue weighted by Crippen LogP contribution is -2.59. The second-order valence-electron chi connectivity index (χ2n) is 15.9. The third-order valence-electron chi connectivity index (χ3n) is 10.3. The number of benzene rings is 1. The highest BCUT2D eigenvalue weighted by atomic mass is 32.2. The molecule has 4 amide bonds. The van der Waals surface area contributed by atoms with Crippen LogP contribution in [0.5, 0.6) is 11.6 Å². The van der Waals surface area contributed by atoms with Gasteiger partial charge in [0.1, 0.15) is 35.1 Å². The van der Waals surface area contributed by atoms with E-state index in [9.17, 15) is 27.6 Å². The second-order valence-corrected chi connectivity index (χ2v) is 17.8. The van der Waals surface area contributed by atoms with Crippen LogP contribution < -0.4 is 24.8 Å². The molecular weight excluding hydrogens is 705 g/mol. The van der Waals surface area contributed by atoms with E-state index in [4.69, 9.17) is 14.2 Å². The molecule has 1 aromatic carbocycles. The van der Waals surface area contributed by atoms with E-state index >= 15 is 0 Å². The maximum absolute atomic E-state index is 14.6. The molecule has 0 radical (unpaired) electrons. The van der Waals surface area contributed by atoms with Crippen molar-refractivity contribution in [2.45, 2.75) is 114 Å². The van der Waals surface area contributed by atoms with E-state index in [1.165, 1.54) is 11.1 Å². The van der Waals surface area contributed by atoms with Crippen molar-refractivity contribution < 1.29 is 41.8 Å². The van der Waals surface area contributed by atoms with Crippen LogP contribution in [0.15, 0.2) is 36.5 Å². The van der Waals surface area contributed by atoms with Gasteiger partial charge in [-0.3, -0.25) is 19.1 Å². The van der Waals surface area contributed by atoms with Crippen molar-refractivity contribution in [3.63, 3.8) is 0 Å². The number of hydrogen-bond acceptors (Lipinski definition) is 11. The Balaban J connectivity index is 1.32. The van der Waals surface area contributed by atoms with E-state index in [1.807, 2.05) is 26.0 Å². The molecule has 2 aliphatic heterocycles. The zero-order chi connectivity index (χ0) is 38.3. The third-order valence-corrected chi connectivity index (χ3v) is 12.1. The minimum absolute atomic E-state index is 0.0308. The first-order valence-corrected chi connectivity index (χ1v) is 19.9. The molecule has 3 heterocycles. The van der Waals surface area contributed by atoms with Gasteiger partial charge in [-0.2, -0.15) is 0 Å². The normalized spacial score (nSPS) is 29.5. The number of aromatic nitrogens is 2. The molecule has 288 valence electrons. The molecule has 0 spiro atoms. The quantitative estimate of drug-likeness (QED) is 0.351. The number of ether oxygens (including phenoxy) is 3. The number of carbonyl (C=O) groups excluding carboxylic acids is 4. The van der Waals surface area contributed by atoms with Gasteiger partial charge in [0.25, 0.3) is 5.91 Å². The molecule has 16 heteroatoms. The van der Waals surface area contributed by atoms with Crippen molar-refractivity contribution in [2.75, 3.05) is 13.7 Å². The first-order valence-electron chi connectivity index (χ1n) is 18.3. The van der Waals surface area contributed by atoms with Crippen LogP contribution in [-0.4, -0.2) is 95.3 Å². The Labute approximate surface area is 310 Å². The van der Waals surface area contributed by atoms with E-state index in [-0.39, 0.29) is 37.1 Å². The summed E-state index contributed by atoms with van der Waals surface area (Å²) in [6.07, 6.45) is 7.11. The number of nitrogens with zero attached hydrogens (tertiary/aromatic N) is 3. The van der Waals surface area contributed by atoms with Crippen LogP contribution in [-0.2, 0) is 29.1 Å². The average molecular weight is 755 g/mol. The molecule has 53 heavy (non-hydrogen) atoms. The van der Waals surface area contributed by atoms with Crippen molar-refractivity contribution >= 4 is 44.9 Å². The number of nitrogens with one attached hydrogen (secondary N) is 3. The largest absolute Gasteiger partial charge is 0.497 e. The summed E-state index contributed by atoms with van der Waals surface area (Å²) in [5, 5.41) is 5.02. The highest BCUT2D eigenvalue weighted by molar-refractivity contribution is 7.91. The van der Waals surface area contributed by atoms with Crippen LogP contribution >= 0.6 is 0 Å². The molecule has 6 rings (SSSR count). The highest BCUT2D eigenvalue weighted by Gasteiger charge is 2.62. The number of amides is 4. The fourth-order valence-corrected chi connectivity index (χ4v) is 8.44. The fourth-order valence-electron chi connectivity index (χ4n) is 7.08. The molecule has 3 N–H and O–H groups in total. The Morgan fingerprint density at radius 3 is 2.51 bits per heavy atom. The van der Waals surface area contributed by atoms with E-state index in [0.717, 1.165) is 12.8 Å². The predicted molar refractivity (Wildman–Crippen MR) is 194 cm³/mol. The number of alkyl carbamates (subject to hydrolysis) is 1. The molecule has 15 nitrogen and oxygen atoms in total. The van der Waals surface area contributed by atoms with Gasteiger partial charge in [-0.05, 0) is 76.8 Å². The average Bonchev–Trinajstić information content (AvgIpc) is 4.01. The molecule has 2 saturated carbocycles. The lowest BCUT2D eigenvalue weighted by molar-refractivity contribution is -0.142. The minimum Gasteiger partial charge on any atom is -0.497 e. The number of allylic oxidation sites excluding steroid dienone is 1. The van der Waals surface area contributed by atoms with Gasteiger partial charge in [-0.15, -0.1) is 0 Å². The van der Waals surface area contributed by atoms with Crippen LogP contribution in [0.2, 0.25) is 0 Å². The van der Waals surface area contributed by atoms with Gasteiger partial charge >= 0.3 is 6.09 Å². The van der Waals surface area contributed by atoms with Crippen LogP contribution in [0.1, 0.15) is 79.6 Å². The van der Waals surface area contributed by atoms with E-state index < -0.39 is 74.3 Å². The Bertz CT molecular complexity index is 1890. The Hall–Kier alpha value is -4.47. The maximum atomic E-state index is 14.6. The number of sulfonamides is 1. The maximum Gasteiger partial charge on any atom is 0.408 e. The molecular formula is C37H50N6O9S. The Morgan fingerprint density at radius 1 is 1.06 bits per heavy atom. The molecule has 4 aliphatic rings. The summed E-state index contributed by atoms with van der Waals surface area (Å²) in [5.41, 5.74) is -1.20. The van der Waals surface area contributed by atoms with Crippen molar-refractivity contribution in [3.8, 4) is 11.6 Å². The highest BCUT2D eigenvalue weighted by Crippen LogP contribution is 2.46. The van der Waals surface area contributed by atoms with Gasteiger partial charge in [0, 0.05) is 18.4 Å². The lowest BCUT2D eigenvalue weighted by atomic mass is 9.92. The molecule has 3 fully saturated rings. The second kappa shape index (κ2) is 14.7. The van der Waals surface area contributed by atoms with Gasteiger partial charge in [-0.25, -0.2) is 23.2 Å². The molecule has 0 bridgehead atoms. The van der Waals surface area contributed by atoms with Crippen LogP contribution in [0, 0.1) is 17.8 Å². The van der Waals surface area contributed by atoms with Crippen molar-refractivity contribution in [1.82, 2.24) is 30.2 Å². The predicted octanol–water partition coefficient (Wildman–Crippen LogP) is 3.38. The zero-order valence-electron chi connectivity index (χ0n) is 31.1. The molecule has 7 unspecified atom stereocenters. The summed E-state index contributed by atoms with van der Waals surface area (Å²) >= 11 is 0. The number of carbonyl (C=O) groups is 4. The standard InChI is InChI=1S/C37H50N6O9S/c1-21-8-7-9-22(2)31(40-35(47)52-36(3,4)5)33(45)43-20-25(51-30-19-38-28-16-24(50-6)12-15-27(28)39-30)17-29(43)32(44)41-37(18-23(37)11-10-21)34(46)42-53(48,49)26-13-14-26/h10-12,15-16,19,21-23,25-26,29,31H,7-9,13-14,17-18,20H2,1-6H3,(H,40,47)(H,41,44)(H,42,46).